The lowest BCUT2D eigenvalue weighted by atomic mass is 9.99. The van der Waals surface area contributed by atoms with Crippen molar-refractivity contribution < 1.29 is 4.79 Å². The lowest BCUT2D eigenvalue weighted by molar-refractivity contribution is -0.109. The second-order valence-corrected chi connectivity index (χ2v) is 10.2. The van der Waals surface area contributed by atoms with Crippen LogP contribution in [0.5, 0.6) is 0 Å². The molecule has 2 aliphatic heterocycles. The average molecular weight is 423 g/mol. The average Bonchev–Trinajstić information content (AvgIpc) is 3.17. The van der Waals surface area contributed by atoms with E-state index in [9.17, 15) is 4.79 Å². The van der Waals surface area contributed by atoms with E-state index in [-0.39, 0.29) is 9.82 Å². The summed E-state index contributed by atoms with van der Waals surface area (Å²) in [5.41, 5.74) is 5.35. The van der Waals surface area contributed by atoms with Gasteiger partial charge in [0.25, 0.3) is 0 Å². The SMILES string of the molecule is CC(=O)SC1NC=C(CN2CCC(=Cc3ccc(-c4ccccc4)cc3)CC2)S1. The molecule has 1 N–H and O–H groups in total. The summed E-state index contributed by atoms with van der Waals surface area (Å²) in [6, 6.07) is 19.4. The summed E-state index contributed by atoms with van der Waals surface area (Å²) in [6.07, 6.45) is 6.68. The van der Waals surface area contributed by atoms with Gasteiger partial charge in [-0.05, 0) is 29.5 Å². The molecule has 0 amide bonds. The normalized spacial score (nSPS) is 19.6. The van der Waals surface area contributed by atoms with E-state index in [1.165, 1.54) is 38.9 Å². The van der Waals surface area contributed by atoms with Gasteiger partial charge in [-0.3, -0.25) is 9.69 Å². The zero-order valence-corrected chi connectivity index (χ0v) is 18.3. The largest absolute Gasteiger partial charge is 0.370 e. The number of nitrogens with zero attached hydrogens (tertiary/aromatic N) is 1. The summed E-state index contributed by atoms with van der Waals surface area (Å²) >= 11 is 3.13. The maximum absolute atomic E-state index is 11.2. The quantitative estimate of drug-likeness (QED) is 0.681. The van der Waals surface area contributed by atoms with Crippen molar-refractivity contribution in [2.75, 3.05) is 19.6 Å². The van der Waals surface area contributed by atoms with E-state index in [0.717, 1.165) is 32.5 Å². The van der Waals surface area contributed by atoms with E-state index < -0.39 is 0 Å². The van der Waals surface area contributed by atoms with Crippen LogP contribution in [0.1, 0.15) is 25.3 Å². The fraction of sp³-hybridized carbons (Fsp3) is 0.292. The Kier molecular flexibility index (Phi) is 6.80. The Morgan fingerprint density at radius 2 is 1.79 bits per heavy atom. The molecule has 29 heavy (non-hydrogen) atoms. The second-order valence-electron chi connectivity index (χ2n) is 7.40. The summed E-state index contributed by atoms with van der Waals surface area (Å²) in [5, 5.41) is 3.45. The van der Waals surface area contributed by atoms with Crippen LogP contribution < -0.4 is 5.32 Å². The molecule has 4 rings (SSSR count). The smallest absolute Gasteiger partial charge is 0.188 e. The van der Waals surface area contributed by atoms with Crippen LogP contribution in [-0.4, -0.2) is 34.4 Å². The number of piperidine rings is 1. The fourth-order valence-electron chi connectivity index (χ4n) is 3.66. The van der Waals surface area contributed by atoms with Gasteiger partial charge < -0.3 is 5.32 Å². The van der Waals surface area contributed by atoms with Crippen molar-refractivity contribution >= 4 is 34.7 Å². The van der Waals surface area contributed by atoms with Crippen molar-refractivity contribution in [2.45, 2.75) is 24.5 Å². The minimum absolute atomic E-state index is 0.140. The van der Waals surface area contributed by atoms with Gasteiger partial charge >= 0.3 is 0 Å². The fourth-order valence-corrected chi connectivity index (χ4v) is 5.87. The van der Waals surface area contributed by atoms with E-state index >= 15 is 0 Å². The summed E-state index contributed by atoms with van der Waals surface area (Å²) in [4.78, 5) is 15.1. The lowest BCUT2D eigenvalue weighted by Gasteiger charge is -2.28. The third-order valence-electron chi connectivity index (χ3n) is 5.18. The predicted octanol–water partition coefficient (Wildman–Crippen LogP) is 5.57. The van der Waals surface area contributed by atoms with E-state index in [1.807, 2.05) is 0 Å². The Hall–Kier alpha value is -1.95. The summed E-state index contributed by atoms with van der Waals surface area (Å²) in [6.45, 7) is 4.79. The van der Waals surface area contributed by atoms with Gasteiger partial charge in [0, 0.05) is 37.7 Å². The lowest BCUT2D eigenvalue weighted by Crippen LogP contribution is -2.31. The molecular weight excluding hydrogens is 396 g/mol. The highest BCUT2D eigenvalue weighted by Crippen LogP contribution is 2.34. The molecule has 0 radical (unpaired) electrons. The van der Waals surface area contributed by atoms with Crippen LogP contribution >= 0.6 is 23.5 Å². The second kappa shape index (κ2) is 9.70. The molecule has 0 saturated carbocycles. The number of likely N-dealkylation sites (tertiary alicyclic amines) is 1. The minimum atomic E-state index is 0.140. The van der Waals surface area contributed by atoms with Gasteiger partial charge in [0.2, 0.25) is 0 Å². The number of carbonyl (C=O) groups is 1. The maximum atomic E-state index is 11.2. The molecule has 0 aromatic heterocycles. The zero-order valence-electron chi connectivity index (χ0n) is 16.6. The molecule has 1 saturated heterocycles. The Balaban J connectivity index is 1.27. The number of carbonyl (C=O) groups excluding carboxylic acids is 1. The number of hydrogen-bond acceptors (Lipinski definition) is 5. The highest BCUT2D eigenvalue weighted by Gasteiger charge is 2.22. The van der Waals surface area contributed by atoms with Gasteiger partial charge in [0.1, 0.15) is 4.71 Å². The predicted molar refractivity (Wildman–Crippen MR) is 126 cm³/mol. The van der Waals surface area contributed by atoms with Gasteiger partial charge in [-0.15, -0.1) is 0 Å². The summed E-state index contributed by atoms with van der Waals surface area (Å²) in [5.74, 6) is 0. The van der Waals surface area contributed by atoms with Gasteiger partial charge in [-0.25, -0.2) is 0 Å². The van der Waals surface area contributed by atoms with Crippen molar-refractivity contribution in [3.63, 3.8) is 0 Å². The standard InChI is InChI=1S/C24H26N2OS2/c1-18(27)28-24-25-16-23(29-24)17-26-13-11-20(12-14-26)15-19-7-9-22(10-8-19)21-5-3-2-4-6-21/h2-10,15-16,24-25H,11-14,17H2,1H3. The van der Waals surface area contributed by atoms with Crippen LogP contribution in [0, 0.1) is 0 Å². The number of thioether (sulfide) groups is 2. The van der Waals surface area contributed by atoms with Crippen molar-refractivity contribution in [1.29, 1.82) is 0 Å². The number of hydrogen-bond donors (Lipinski definition) is 1. The molecule has 2 aliphatic rings. The van der Waals surface area contributed by atoms with Crippen LogP contribution in [0.4, 0.5) is 0 Å². The highest BCUT2D eigenvalue weighted by atomic mass is 32.2. The summed E-state index contributed by atoms with van der Waals surface area (Å²) < 4.78 is 0.140. The molecule has 2 aromatic carbocycles. The molecule has 0 bridgehead atoms. The van der Waals surface area contributed by atoms with Crippen LogP contribution in [-0.2, 0) is 4.79 Å². The molecule has 2 aromatic rings. The Labute approximate surface area is 181 Å². The molecular formula is C24H26N2OS2. The van der Waals surface area contributed by atoms with Crippen molar-refractivity contribution in [3.05, 3.63) is 76.8 Å². The molecule has 150 valence electrons. The molecule has 0 aliphatic carbocycles. The van der Waals surface area contributed by atoms with Gasteiger partial charge in [0.05, 0.1) is 0 Å². The molecule has 0 spiro atoms. The maximum Gasteiger partial charge on any atom is 0.188 e. The Morgan fingerprint density at radius 1 is 1.10 bits per heavy atom. The first-order chi connectivity index (χ1) is 14.2. The van der Waals surface area contributed by atoms with E-state index in [0.29, 0.717) is 0 Å². The third-order valence-corrected chi connectivity index (χ3v) is 7.34. The van der Waals surface area contributed by atoms with Crippen LogP contribution in [0.3, 0.4) is 0 Å². The van der Waals surface area contributed by atoms with E-state index in [4.69, 9.17) is 0 Å². The minimum Gasteiger partial charge on any atom is -0.370 e. The number of rotatable bonds is 5. The van der Waals surface area contributed by atoms with Gasteiger partial charge in [-0.2, -0.15) is 0 Å². The molecule has 5 heteroatoms. The summed E-state index contributed by atoms with van der Waals surface area (Å²) in [7, 11) is 0. The molecule has 3 nitrogen and oxygen atoms in total. The monoisotopic (exact) mass is 422 g/mol. The van der Waals surface area contributed by atoms with Gasteiger partial charge in [-0.1, -0.05) is 89.8 Å². The van der Waals surface area contributed by atoms with Crippen LogP contribution in [0.2, 0.25) is 0 Å². The Morgan fingerprint density at radius 3 is 2.48 bits per heavy atom. The van der Waals surface area contributed by atoms with Crippen molar-refractivity contribution in [2.24, 2.45) is 0 Å². The first kappa shape index (κ1) is 20.3. The number of benzene rings is 2. The van der Waals surface area contributed by atoms with Gasteiger partial charge in [0.15, 0.2) is 5.12 Å². The third kappa shape index (κ3) is 5.78. The van der Waals surface area contributed by atoms with E-state index in [2.05, 4.69) is 77.1 Å². The van der Waals surface area contributed by atoms with E-state index in [1.54, 1.807) is 18.7 Å². The molecule has 1 fully saturated rings. The first-order valence-corrected chi connectivity index (χ1v) is 11.8. The van der Waals surface area contributed by atoms with Crippen molar-refractivity contribution in [1.82, 2.24) is 10.2 Å². The van der Waals surface area contributed by atoms with Crippen molar-refractivity contribution in [3.8, 4) is 11.1 Å². The topological polar surface area (TPSA) is 32.3 Å². The number of nitrogens with one attached hydrogen (secondary N) is 1. The molecule has 1 unspecified atom stereocenters. The first-order valence-electron chi connectivity index (χ1n) is 10.0. The Bertz CT molecular complexity index is 896. The highest BCUT2D eigenvalue weighted by molar-refractivity contribution is 8.25. The van der Waals surface area contributed by atoms with Crippen LogP contribution in [0.15, 0.2) is 71.3 Å². The molecule has 2 heterocycles. The van der Waals surface area contributed by atoms with Crippen LogP contribution in [0.25, 0.3) is 17.2 Å². The molecule has 1 atom stereocenters. The zero-order chi connectivity index (χ0) is 20.1.